The number of aryl methyl sites for hydroxylation is 1. The van der Waals surface area contributed by atoms with E-state index in [2.05, 4.69) is 34.6 Å². The Labute approximate surface area is 142 Å². The van der Waals surface area contributed by atoms with Gasteiger partial charge in [0.1, 0.15) is 0 Å². The Balaban J connectivity index is 1.75. The lowest BCUT2D eigenvalue weighted by Gasteiger charge is -2.17. The molecule has 2 fully saturated rings. The van der Waals surface area contributed by atoms with E-state index >= 15 is 0 Å². The van der Waals surface area contributed by atoms with Crippen molar-refractivity contribution in [3.05, 3.63) is 18.0 Å². The summed E-state index contributed by atoms with van der Waals surface area (Å²) in [5.74, 6) is 0.972. The lowest BCUT2D eigenvalue weighted by Crippen LogP contribution is -2.24. The minimum absolute atomic E-state index is 0.178. The molecule has 0 radical (unpaired) electrons. The molecule has 6 nitrogen and oxygen atoms in total. The van der Waals surface area contributed by atoms with Crippen LogP contribution in [0.4, 0.5) is 5.69 Å². The van der Waals surface area contributed by atoms with Gasteiger partial charge in [-0.1, -0.05) is 13.3 Å². The van der Waals surface area contributed by atoms with Gasteiger partial charge in [-0.2, -0.15) is 5.10 Å². The summed E-state index contributed by atoms with van der Waals surface area (Å²) >= 11 is 0. The Morgan fingerprint density at radius 2 is 2.29 bits per heavy atom. The van der Waals surface area contributed by atoms with Crippen LogP contribution in [0.3, 0.4) is 0 Å². The van der Waals surface area contributed by atoms with Crippen LogP contribution in [0.2, 0.25) is 0 Å². The Morgan fingerprint density at radius 3 is 2.96 bits per heavy atom. The van der Waals surface area contributed by atoms with Crippen molar-refractivity contribution in [1.29, 1.82) is 0 Å². The van der Waals surface area contributed by atoms with Gasteiger partial charge in [0.05, 0.1) is 22.8 Å². The van der Waals surface area contributed by atoms with Gasteiger partial charge in [0.2, 0.25) is 0 Å². The highest BCUT2D eigenvalue weighted by Crippen LogP contribution is 2.44. The van der Waals surface area contributed by atoms with Crippen LogP contribution in [0.1, 0.15) is 43.5 Å². The van der Waals surface area contributed by atoms with Gasteiger partial charge < -0.3 is 10.6 Å². The average molecular weight is 327 g/mol. The molecule has 3 heterocycles. The summed E-state index contributed by atoms with van der Waals surface area (Å²) in [7, 11) is 0. The summed E-state index contributed by atoms with van der Waals surface area (Å²) in [4.78, 5) is 17.5. The van der Waals surface area contributed by atoms with Gasteiger partial charge in [-0.25, -0.2) is 9.67 Å². The largest absolute Gasteiger partial charge is 0.380 e. The number of rotatable bonds is 6. The number of aromatic nitrogens is 3. The summed E-state index contributed by atoms with van der Waals surface area (Å²) in [6, 6.07) is 0.355. The highest BCUT2D eigenvalue weighted by molar-refractivity contribution is 6.09. The molecule has 3 atom stereocenters. The molecule has 0 spiro atoms. The maximum atomic E-state index is 13.0. The number of nitrogens with one attached hydrogen (secondary N) is 2. The van der Waals surface area contributed by atoms with Crippen molar-refractivity contribution >= 4 is 22.5 Å². The lowest BCUT2D eigenvalue weighted by atomic mass is 10.0. The highest BCUT2D eigenvalue weighted by atomic mass is 16.1. The Bertz CT molecular complexity index is 762. The molecule has 4 rings (SSSR count). The molecule has 24 heavy (non-hydrogen) atoms. The third kappa shape index (κ3) is 2.59. The molecule has 1 aliphatic carbocycles. The second-order valence-electron chi connectivity index (χ2n) is 6.95. The quantitative estimate of drug-likeness (QED) is 0.798. The van der Waals surface area contributed by atoms with Crippen LogP contribution in [-0.2, 0) is 6.54 Å². The molecule has 6 heteroatoms. The van der Waals surface area contributed by atoms with Crippen LogP contribution in [0.5, 0.6) is 0 Å². The van der Waals surface area contributed by atoms with Crippen LogP contribution in [-0.4, -0.2) is 39.7 Å². The van der Waals surface area contributed by atoms with E-state index in [-0.39, 0.29) is 11.7 Å². The number of anilines is 1. The maximum absolute atomic E-state index is 13.0. The molecule has 128 valence electrons. The molecular formula is C18H25N5O. The third-order valence-corrected chi connectivity index (χ3v) is 5.42. The first-order chi connectivity index (χ1) is 11.7. The summed E-state index contributed by atoms with van der Waals surface area (Å²) in [6.07, 6.45) is 6.77. The van der Waals surface area contributed by atoms with E-state index in [4.69, 9.17) is 0 Å². The molecule has 0 amide bonds. The number of ketones is 1. The highest BCUT2D eigenvalue weighted by Gasteiger charge is 2.42. The number of nitrogens with zero attached hydrogens (tertiary/aromatic N) is 3. The lowest BCUT2D eigenvalue weighted by molar-refractivity contribution is 0.0961. The second kappa shape index (κ2) is 6.16. The number of pyridine rings is 1. The number of hydrogen-bond donors (Lipinski definition) is 2. The van der Waals surface area contributed by atoms with E-state index in [9.17, 15) is 4.79 Å². The smallest absolute Gasteiger partial charge is 0.169 e. The van der Waals surface area contributed by atoms with E-state index in [0.717, 1.165) is 61.2 Å². The molecule has 0 bridgehead atoms. The van der Waals surface area contributed by atoms with Gasteiger partial charge in [-0.3, -0.25) is 4.79 Å². The summed E-state index contributed by atoms with van der Waals surface area (Å²) in [5.41, 5.74) is 2.52. The maximum Gasteiger partial charge on any atom is 0.169 e. The normalized spacial score (nSPS) is 26.0. The molecule has 2 aliphatic rings. The van der Waals surface area contributed by atoms with E-state index < -0.39 is 0 Å². The van der Waals surface area contributed by atoms with Gasteiger partial charge in [-0.15, -0.1) is 0 Å². The first-order valence-electron chi connectivity index (χ1n) is 9.08. The van der Waals surface area contributed by atoms with Crippen molar-refractivity contribution in [2.75, 3.05) is 18.4 Å². The molecule has 1 unspecified atom stereocenters. The first-order valence-corrected chi connectivity index (χ1v) is 9.08. The fourth-order valence-corrected chi connectivity index (χ4v) is 3.80. The van der Waals surface area contributed by atoms with Gasteiger partial charge in [-0.05, 0) is 32.2 Å². The van der Waals surface area contributed by atoms with Crippen molar-refractivity contribution in [2.45, 2.75) is 45.7 Å². The number of carbonyl (C=O) groups is 1. The Hall–Kier alpha value is -1.95. The molecule has 2 aromatic rings. The molecule has 0 aromatic carbocycles. The third-order valence-electron chi connectivity index (χ3n) is 5.42. The van der Waals surface area contributed by atoms with E-state index in [1.807, 2.05) is 10.9 Å². The Morgan fingerprint density at radius 1 is 1.42 bits per heavy atom. The number of Topliss-reactive ketones (excluding diaryl/α,β-unsaturated/α-hetero) is 1. The fraction of sp³-hybridized carbons (Fsp3) is 0.611. The molecule has 1 saturated heterocycles. The zero-order valence-corrected chi connectivity index (χ0v) is 14.4. The predicted octanol–water partition coefficient (Wildman–Crippen LogP) is 2.45. The number of hydrogen-bond acceptors (Lipinski definition) is 5. The van der Waals surface area contributed by atoms with Crippen molar-refractivity contribution in [1.82, 2.24) is 20.1 Å². The standard InChI is InChI=1S/C18H25N5O/c1-3-11-7-13(11)17(24)14-9-20-18-15(10-21-23(18)4-2)16(14)22-12-5-6-19-8-12/h9-13,19H,3-8H2,1-2H3,(H,20,22)/t11-,12-,13?/m0/s1. The van der Waals surface area contributed by atoms with Crippen molar-refractivity contribution in [3.8, 4) is 0 Å². The molecular weight excluding hydrogens is 302 g/mol. The number of fused-ring (bicyclic) bond motifs is 1. The summed E-state index contributed by atoms with van der Waals surface area (Å²) in [5, 5.41) is 12.4. The molecule has 2 N–H and O–H groups in total. The van der Waals surface area contributed by atoms with E-state index in [1.165, 1.54) is 0 Å². The minimum Gasteiger partial charge on any atom is -0.380 e. The SMILES string of the molecule is CC[C@H]1CC1C(=O)c1cnc2c(cnn2CC)c1N[C@H]1CCNC1. The zero-order chi connectivity index (χ0) is 16.7. The van der Waals surface area contributed by atoms with Crippen molar-refractivity contribution in [3.63, 3.8) is 0 Å². The van der Waals surface area contributed by atoms with E-state index in [0.29, 0.717) is 12.0 Å². The Kier molecular flexibility index (Phi) is 4.00. The molecule has 1 saturated carbocycles. The minimum atomic E-state index is 0.178. The zero-order valence-electron chi connectivity index (χ0n) is 14.4. The summed E-state index contributed by atoms with van der Waals surface area (Å²) < 4.78 is 1.88. The first kappa shape index (κ1) is 15.6. The average Bonchev–Trinajstić information content (AvgIpc) is 3.00. The number of carbonyl (C=O) groups excluding carboxylic acids is 1. The monoisotopic (exact) mass is 327 g/mol. The second-order valence-corrected chi connectivity index (χ2v) is 6.95. The predicted molar refractivity (Wildman–Crippen MR) is 94.3 cm³/mol. The van der Waals surface area contributed by atoms with Crippen LogP contribution in [0.25, 0.3) is 11.0 Å². The van der Waals surface area contributed by atoms with Crippen molar-refractivity contribution in [2.24, 2.45) is 11.8 Å². The van der Waals surface area contributed by atoms with Gasteiger partial charge in [0, 0.05) is 31.2 Å². The van der Waals surface area contributed by atoms with Crippen LogP contribution in [0.15, 0.2) is 12.4 Å². The molecule has 2 aromatic heterocycles. The van der Waals surface area contributed by atoms with Gasteiger partial charge >= 0.3 is 0 Å². The van der Waals surface area contributed by atoms with Crippen LogP contribution in [0, 0.1) is 11.8 Å². The van der Waals surface area contributed by atoms with Gasteiger partial charge in [0.25, 0.3) is 0 Å². The molecule has 1 aliphatic heterocycles. The fourth-order valence-electron chi connectivity index (χ4n) is 3.80. The topological polar surface area (TPSA) is 71.8 Å². The van der Waals surface area contributed by atoms with Crippen LogP contribution < -0.4 is 10.6 Å². The van der Waals surface area contributed by atoms with Crippen molar-refractivity contribution < 1.29 is 4.79 Å². The van der Waals surface area contributed by atoms with E-state index in [1.54, 1.807) is 6.20 Å². The van der Waals surface area contributed by atoms with Gasteiger partial charge in [0.15, 0.2) is 11.4 Å². The van der Waals surface area contributed by atoms with Crippen LogP contribution >= 0.6 is 0 Å². The summed E-state index contributed by atoms with van der Waals surface area (Å²) in [6.45, 7) is 6.93.